The van der Waals surface area contributed by atoms with E-state index in [0.717, 1.165) is 20.7 Å². The van der Waals surface area contributed by atoms with E-state index in [4.69, 9.17) is 5.11 Å². The van der Waals surface area contributed by atoms with Crippen LogP contribution in [-0.2, 0) is 14.8 Å². The molecule has 19 heavy (non-hydrogen) atoms. The Morgan fingerprint density at radius 1 is 1.53 bits per heavy atom. The van der Waals surface area contributed by atoms with Crippen molar-refractivity contribution < 1.29 is 18.3 Å². The van der Waals surface area contributed by atoms with Gasteiger partial charge in [0.15, 0.2) is 0 Å². The van der Waals surface area contributed by atoms with Crippen LogP contribution in [0.3, 0.4) is 0 Å². The van der Waals surface area contributed by atoms with Crippen molar-refractivity contribution in [3.8, 4) is 0 Å². The van der Waals surface area contributed by atoms with Crippen molar-refractivity contribution >= 4 is 43.3 Å². The van der Waals surface area contributed by atoms with Crippen molar-refractivity contribution in [1.82, 2.24) is 4.72 Å². The SMILES string of the molecule is Cc1cc(S(=O)(=O)NC2C=CC(C(=O)O)C2)sc1Br. The van der Waals surface area contributed by atoms with E-state index < -0.39 is 28.0 Å². The average Bonchev–Trinajstić information content (AvgIpc) is 2.87. The maximum absolute atomic E-state index is 12.1. The molecule has 0 saturated heterocycles. The molecule has 2 unspecified atom stereocenters. The topological polar surface area (TPSA) is 83.5 Å². The summed E-state index contributed by atoms with van der Waals surface area (Å²) in [6, 6.07) is 1.12. The van der Waals surface area contributed by atoms with Crippen LogP contribution >= 0.6 is 27.3 Å². The van der Waals surface area contributed by atoms with E-state index in [9.17, 15) is 13.2 Å². The molecule has 0 saturated carbocycles. The third-order valence-corrected chi connectivity index (χ3v) is 6.91. The van der Waals surface area contributed by atoms with Gasteiger partial charge in [0.2, 0.25) is 0 Å². The molecule has 0 bridgehead atoms. The Kier molecular flexibility index (Phi) is 4.14. The predicted molar refractivity (Wildman–Crippen MR) is 75.7 cm³/mol. The van der Waals surface area contributed by atoms with Gasteiger partial charge in [0.25, 0.3) is 10.0 Å². The fourth-order valence-electron chi connectivity index (χ4n) is 1.79. The normalized spacial score (nSPS) is 22.8. The molecular weight excluding hydrogens is 354 g/mol. The number of carboxylic acid groups (broad SMARTS) is 1. The molecule has 1 heterocycles. The maximum atomic E-state index is 12.1. The first-order valence-electron chi connectivity index (χ1n) is 5.49. The highest BCUT2D eigenvalue weighted by Gasteiger charge is 2.28. The highest BCUT2D eigenvalue weighted by atomic mass is 79.9. The zero-order chi connectivity index (χ0) is 14.2. The van der Waals surface area contributed by atoms with Crippen LogP contribution in [-0.4, -0.2) is 25.5 Å². The Labute approximate surface area is 123 Å². The molecule has 2 N–H and O–H groups in total. The summed E-state index contributed by atoms with van der Waals surface area (Å²) < 4.78 is 27.8. The molecule has 0 spiro atoms. The second-order valence-electron chi connectivity index (χ2n) is 4.32. The number of hydrogen-bond acceptors (Lipinski definition) is 4. The zero-order valence-electron chi connectivity index (χ0n) is 9.96. The Hall–Kier alpha value is -0.700. The second-order valence-corrected chi connectivity index (χ2v) is 8.63. The molecule has 1 aliphatic carbocycles. The highest BCUT2D eigenvalue weighted by Crippen LogP contribution is 2.31. The van der Waals surface area contributed by atoms with Gasteiger partial charge in [-0.2, -0.15) is 0 Å². The van der Waals surface area contributed by atoms with Crippen molar-refractivity contribution in [2.24, 2.45) is 5.92 Å². The Balaban J connectivity index is 2.11. The van der Waals surface area contributed by atoms with E-state index in [2.05, 4.69) is 20.7 Å². The van der Waals surface area contributed by atoms with Gasteiger partial charge in [0, 0.05) is 6.04 Å². The van der Waals surface area contributed by atoms with Crippen LogP contribution in [0.25, 0.3) is 0 Å². The number of hydrogen-bond donors (Lipinski definition) is 2. The first-order chi connectivity index (χ1) is 8.79. The smallest absolute Gasteiger partial charge is 0.310 e. The third-order valence-electron chi connectivity index (χ3n) is 2.81. The summed E-state index contributed by atoms with van der Waals surface area (Å²) in [6.45, 7) is 1.82. The van der Waals surface area contributed by atoms with Crippen LogP contribution in [0.2, 0.25) is 0 Å². The lowest BCUT2D eigenvalue weighted by molar-refractivity contribution is -0.140. The summed E-state index contributed by atoms with van der Waals surface area (Å²) in [5, 5.41) is 8.85. The lowest BCUT2D eigenvalue weighted by Crippen LogP contribution is -2.32. The van der Waals surface area contributed by atoms with E-state index in [-0.39, 0.29) is 10.6 Å². The van der Waals surface area contributed by atoms with Gasteiger partial charge in [-0.25, -0.2) is 13.1 Å². The van der Waals surface area contributed by atoms with Crippen LogP contribution < -0.4 is 4.72 Å². The Morgan fingerprint density at radius 2 is 2.21 bits per heavy atom. The summed E-state index contributed by atoms with van der Waals surface area (Å²) in [5.41, 5.74) is 0.857. The summed E-state index contributed by atoms with van der Waals surface area (Å²) in [7, 11) is -3.60. The van der Waals surface area contributed by atoms with Crippen molar-refractivity contribution in [2.75, 3.05) is 0 Å². The van der Waals surface area contributed by atoms with E-state index in [0.29, 0.717) is 0 Å². The minimum absolute atomic E-state index is 0.226. The molecule has 2 atom stereocenters. The molecule has 5 nitrogen and oxygen atoms in total. The average molecular weight is 366 g/mol. The molecule has 2 rings (SSSR count). The minimum Gasteiger partial charge on any atom is -0.481 e. The predicted octanol–water partition coefficient (Wildman–Crippen LogP) is 2.13. The molecule has 0 amide bonds. The number of carboxylic acids is 1. The van der Waals surface area contributed by atoms with Gasteiger partial charge in [0.05, 0.1) is 9.70 Å². The molecule has 1 aliphatic rings. The van der Waals surface area contributed by atoms with Crippen LogP contribution in [0.4, 0.5) is 0 Å². The van der Waals surface area contributed by atoms with E-state index in [1.807, 2.05) is 6.92 Å². The van der Waals surface area contributed by atoms with Gasteiger partial charge in [-0.3, -0.25) is 4.79 Å². The number of aliphatic carboxylic acids is 1. The molecule has 8 heteroatoms. The number of sulfonamides is 1. The number of halogens is 1. The summed E-state index contributed by atoms with van der Waals surface area (Å²) in [4.78, 5) is 10.8. The van der Waals surface area contributed by atoms with Gasteiger partial charge in [-0.1, -0.05) is 12.2 Å². The fraction of sp³-hybridized carbons (Fsp3) is 0.364. The van der Waals surface area contributed by atoms with E-state index in [1.165, 1.54) is 6.08 Å². The standard InChI is InChI=1S/C11H12BrNO4S2/c1-6-4-9(18-10(6)12)19(16,17)13-8-3-2-7(5-8)11(14)15/h2-4,7-8,13H,5H2,1H3,(H,14,15). The van der Waals surface area contributed by atoms with Crippen molar-refractivity contribution in [3.05, 3.63) is 27.6 Å². The van der Waals surface area contributed by atoms with Crippen molar-refractivity contribution in [2.45, 2.75) is 23.6 Å². The second kappa shape index (κ2) is 5.35. The van der Waals surface area contributed by atoms with Gasteiger partial charge in [0.1, 0.15) is 4.21 Å². The van der Waals surface area contributed by atoms with Crippen molar-refractivity contribution in [1.29, 1.82) is 0 Å². The van der Waals surface area contributed by atoms with Crippen LogP contribution in [0, 0.1) is 12.8 Å². The first-order valence-corrected chi connectivity index (χ1v) is 8.58. The third kappa shape index (κ3) is 3.25. The molecule has 0 fully saturated rings. The van der Waals surface area contributed by atoms with E-state index >= 15 is 0 Å². The number of aryl methyl sites for hydroxylation is 1. The van der Waals surface area contributed by atoms with Gasteiger partial charge >= 0.3 is 5.97 Å². The molecule has 1 aromatic rings. The number of rotatable bonds is 4. The quantitative estimate of drug-likeness (QED) is 0.800. The summed E-state index contributed by atoms with van der Waals surface area (Å²) in [6.07, 6.45) is 3.36. The Morgan fingerprint density at radius 3 is 2.68 bits per heavy atom. The van der Waals surface area contributed by atoms with Crippen LogP contribution in [0.15, 0.2) is 26.2 Å². The molecule has 0 radical (unpaired) electrons. The molecule has 1 aromatic heterocycles. The van der Waals surface area contributed by atoms with Crippen LogP contribution in [0.5, 0.6) is 0 Å². The molecule has 104 valence electrons. The van der Waals surface area contributed by atoms with Crippen LogP contribution in [0.1, 0.15) is 12.0 Å². The van der Waals surface area contributed by atoms with E-state index in [1.54, 1.807) is 12.1 Å². The zero-order valence-corrected chi connectivity index (χ0v) is 13.2. The largest absolute Gasteiger partial charge is 0.481 e. The Bertz CT molecular complexity index is 616. The number of thiophene rings is 1. The first kappa shape index (κ1) is 14.7. The van der Waals surface area contributed by atoms with Gasteiger partial charge in [-0.15, -0.1) is 11.3 Å². The molecule has 0 aromatic carbocycles. The number of carbonyl (C=O) groups is 1. The summed E-state index contributed by atoms with van der Waals surface area (Å²) in [5.74, 6) is -1.56. The van der Waals surface area contributed by atoms with Gasteiger partial charge in [-0.05, 0) is 40.9 Å². The number of nitrogens with one attached hydrogen (secondary N) is 1. The van der Waals surface area contributed by atoms with Crippen molar-refractivity contribution in [3.63, 3.8) is 0 Å². The molecule has 0 aliphatic heterocycles. The molecular formula is C11H12BrNO4S2. The highest BCUT2D eigenvalue weighted by molar-refractivity contribution is 9.11. The lowest BCUT2D eigenvalue weighted by atomic mass is 10.1. The maximum Gasteiger partial charge on any atom is 0.310 e. The lowest BCUT2D eigenvalue weighted by Gasteiger charge is -2.11. The summed E-state index contributed by atoms with van der Waals surface area (Å²) >= 11 is 4.42. The fourth-order valence-corrected chi connectivity index (χ4v) is 5.24. The van der Waals surface area contributed by atoms with Gasteiger partial charge < -0.3 is 5.11 Å². The monoisotopic (exact) mass is 365 g/mol. The minimum atomic E-state index is -3.60.